The summed E-state index contributed by atoms with van der Waals surface area (Å²) >= 11 is 0. The highest BCUT2D eigenvalue weighted by Crippen LogP contribution is 2.01. The molecule has 0 aliphatic carbocycles. The number of hydrogen-bond donors (Lipinski definition) is 0. The second-order valence-corrected chi connectivity index (χ2v) is 2.48. The second-order valence-electron chi connectivity index (χ2n) is 2.48. The lowest BCUT2D eigenvalue weighted by Gasteiger charge is -1.94. The Morgan fingerprint density at radius 3 is 2.92 bits per heavy atom. The van der Waals surface area contributed by atoms with Gasteiger partial charge in [-0.25, -0.2) is 4.68 Å². The fourth-order valence-electron chi connectivity index (χ4n) is 1.05. The van der Waals surface area contributed by atoms with E-state index in [4.69, 9.17) is 0 Å². The van der Waals surface area contributed by atoms with Crippen LogP contribution in [0.4, 0.5) is 0 Å². The highest BCUT2D eigenvalue weighted by molar-refractivity contribution is 5.17. The predicted octanol–water partition coefficient (Wildman–Crippen LogP) is 1.09. The lowest BCUT2D eigenvalue weighted by atomic mass is 10.6. The van der Waals surface area contributed by atoms with Gasteiger partial charge in [-0.1, -0.05) is 0 Å². The maximum atomic E-state index is 4.29. The summed E-state index contributed by atoms with van der Waals surface area (Å²) in [6, 6.07) is 3.82. The zero-order valence-corrected chi connectivity index (χ0v) is 6.88. The van der Waals surface area contributed by atoms with Crippen molar-refractivity contribution >= 4 is 0 Å². The summed E-state index contributed by atoms with van der Waals surface area (Å²) in [6.45, 7) is 2.95. The molecule has 0 aliphatic rings. The van der Waals surface area contributed by atoms with Gasteiger partial charge in [0.2, 0.25) is 0 Å². The minimum atomic E-state index is 0.863. The minimum absolute atomic E-state index is 0.863. The van der Waals surface area contributed by atoms with Crippen LogP contribution in [0.2, 0.25) is 0 Å². The summed E-state index contributed by atoms with van der Waals surface area (Å²) in [6.07, 6.45) is 5.56. The molecule has 0 saturated heterocycles. The average Bonchev–Trinajstić information content (AvgIpc) is 2.75. The van der Waals surface area contributed by atoms with Crippen molar-refractivity contribution in [3.63, 3.8) is 0 Å². The molecule has 12 heavy (non-hydrogen) atoms. The van der Waals surface area contributed by atoms with Gasteiger partial charge >= 0.3 is 0 Å². The van der Waals surface area contributed by atoms with Crippen LogP contribution in [-0.4, -0.2) is 19.6 Å². The zero-order chi connectivity index (χ0) is 8.39. The van der Waals surface area contributed by atoms with Gasteiger partial charge in [-0.15, -0.1) is 0 Å². The van der Waals surface area contributed by atoms with Crippen molar-refractivity contribution in [1.29, 1.82) is 0 Å². The van der Waals surface area contributed by atoms with Crippen molar-refractivity contribution in [3.8, 4) is 5.82 Å². The van der Waals surface area contributed by atoms with E-state index in [9.17, 15) is 0 Å². The minimum Gasteiger partial charge on any atom is -0.271 e. The van der Waals surface area contributed by atoms with Crippen molar-refractivity contribution in [2.24, 2.45) is 0 Å². The van der Waals surface area contributed by atoms with Crippen molar-refractivity contribution in [1.82, 2.24) is 19.6 Å². The Morgan fingerprint density at radius 1 is 1.42 bits per heavy atom. The molecule has 4 nitrogen and oxygen atoms in total. The highest BCUT2D eigenvalue weighted by atomic mass is 15.4. The Morgan fingerprint density at radius 2 is 2.33 bits per heavy atom. The van der Waals surface area contributed by atoms with Crippen LogP contribution in [0.25, 0.3) is 5.82 Å². The maximum absolute atomic E-state index is 4.29. The molecule has 2 rings (SSSR count). The van der Waals surface area contributed by atoms with Gasteiger partial charge in [-0.05, 0) is 13.0 Å². The van der Waals surface area contributed by atoms with E-state index >= 15 is 0 Å². The number of nitrogens with zero attached hydrogens (tertiary/aromatic N) is 4. The molecule has 4 heteroatoms. The third-order valence-corrected chi connectivity index (χ3v) is 1.69. The molecule has 2 aromatic heterocycles. The molecule has 0 N–H and O–H groups in total. The van der Waals surface area contributed by atoms with Gasteiger partial charge in [0.15, 0.2) is 5.82 Å². The average molecular weight is 162 g/mol. The maximum Gasteiger partial charge on any atom is 0.174 e. The van der Waals surface area contributed by atoms with Crippen LogP contribution < -0.4 is 0 Å². The van der Waals surface area contributed by atoms with Crippen molar-refractivity contribution in [3.05, 3.63) is 30.7 Å². The molecule has 0 aromatic carbocycles. The molecule has 0 amide bonds. The second kappa shape index (κ2) is 2.81. The first-order valence-electron chi connectivity index (χ1n) is 3.93. The summed E-state index contributed by atoms with van der Waals surface area (Å²) in [5, 5.41) is 8.36. The summed E-state index contributed by atoms with van der Waals surface area (Å²) in [7, 11) is 0. The van der Waals surface area contributed by atoms with Gasteiger partial charge in [0.05, 0.1) is 0 Å². The Kier molecular flexibility index (Phi) is 1.66. The summed E-state index contributed by atoms with van der Waals surface area (Å²) < 4.78 is 3.61. The number of rotatable bonds is 2. The highest BCUT2D eigenvalue weighted by Gasteiger charge is 1.98. The molecule has 0 unspecified atom stereocenters. The molecular formula is C8H10N4. The molecule has 0 radical (unpaired) electrons. The van der Waals surface area contributed by atoms with Gasteiger partial charge in [0.25, 0.3) is 0 Å². The van der Waals surface area contributed by atoms with Crippen LogP contribution in [0, 0.1) is 0 Å². The Hall–Kier alpha value is -1.58. The molecule has 2 heterocycles. The summed E-state index contributed by atoms with van der Waals surface area (Å²) in [4.78, 5) is 0. The van der Waals surface area contributed by atoms with Crippen LogP contribution in [-0.2, 0) is 6.54 Å². The first-order chi connectivity index (χ1) is 5.90. The van der Waals surface area contributed by atoms with Gasteiger partial charge in [0.1, 0.15) is 0 Å². The van der Waals surface area contributed by atoms with E-state index in [-0.39, 0.29) is 0 Å². The van der Waals surface area contributed by atoms with E-state index in [0.717, 1.165) is 12.4 Å². The van der Waals surface area contributed by atoms with Gasteiger partial charge in [-0.3, -0.25) is 4.68 Å². The number of aryl methyl sites for hydroxylation is 1. The SMILES string of the molecule is CCn1ccc(-n2cccn2)n1. The van der Waals surface area contributed by atoms with Crippen LogP contribution in [0.1, 0.15) is 6.92 Å². The van der Waals surface area contributed by atoms with Gasteiger partial charge in [-0.2, -0.15) is 10.2 Å². The van der Waals surface area contributed by atoms with E-state index in [1.165, 1.54) is 0 Å². The number of hydrogen-bond acceptors (Lipinski definition) is 2. The Balaban J connectivity index is 2.35. The van der Waals surface area contributed by atoms with E-state index < -0.39 is 0 Å². The van der Waals surface area contributed by atoms with E-state index in [2.05, 4.69) is 17.1 Å². The first-order valence-corrected chi connectivity index (χ1v) is 3.93. The van der Waals surface area contributed by atoms with Crippen LogP contribution in [0.3, 0.4) is 0 Å². The van der Waals surface area contributed by atoms with Gasteiger partial charge < -0.3 is 0 Å². The van der Waals surface area contributed by atoms with Crippen molar-refractivity contribution in [2.45, 2.75) is 13.5 Å². The van der Waals surface area contributed by atoms with E-state index in [1.807, 2.05) is 29.2 Å². The third kappa shape index (κ3) is 1.11. The molecule has 0 bridgehead atoms. The fourth-order valence-corrected chi connectivity index (χ4v) is 1.05. The predicted molar refractivity (Wildman–Crippen MR) is 45.0 cm³/mol. The Labute approximate surface area is 70.4 Å². The summed E-state index contributed by atoms with van der Waals surface area (Å²) in [5.41, 5.74) is 0. The monoisotopic (exact) mass is 162 g/mol. The molecule has 0 aliphatic heterocycles. The van der Waals surface area contributed by atoms with E-state index in [1.54, 1.807) is 10.9 Å². The molecule has 0 fully saturated rings. The lowest BCUT2D eigenvalue weighted by molar-refractivity contribution is 0.646. The smallest absolute Gasteiger partial charge is 0.174 e. The normalized spacial score (nSPS) is 10.4. The summed E-state index contributed by atoms with van der Waals surface area (Å²) in [5.74, 6) is 0.863. The largest absolute Gasteiger partial charge is 0.271 e. The van der Waals surface area contributed by atoms with Crippen molar-refractivity contribution in [2.75, 3.05) is 0 Å². The topological polar surface area (TPSA) is 35.6 Å². The van der Waals surface area contributed by atoms with Crippen LogP contribution in [0.5, 0.6) is 0 Å². The zero-order valence-electron chi connectivity index (χ0n) is 6.88. The van der Waals surface area contributed by atoms with Gasteiger partial charge in [0, 0.05) is 31.2 Å². The van der Waals surface area contributed by atoms with E-state index in [0.29, 0.717) is 0 Å². The molecular weight excluding hydrogens is 152 g/mol. The molecule has 0 saturated carbocycles. The van der Waals surface area contributed by atoms with Crippen LogP contribution in [0.15, 0.2) is 30.7 Å². The van der Waals surface area contributed by atoms with Crippen molar-refractivity contribution < 1.29 is 0 Å². The third-order valence-electron chi connectivity index (χ3n) is 1.69. The molecule has 0 atom stereocenters. The quantitative estimate of drug-likeness (QED) is 0.662. The number of aromatic nitrogens is 4. The lowest BCUT2D eigenvalue weighted by Crippen LogP contribution is -1.99. The standard InChI is InChI=1S/C8H10N4/c1-2-11-7-4-8(10-11)12-6-3-5-9-12/h3-7H,2H2,1H3. The van der Waals surface area contributed by atoms with Crippen LogP contribution >= 0.6 is 0 Å². The molecule has 0 spiro atoms. The molecule has 62 valence electrons. The molecule has 2 aromatic rings. The fraction of sp³-hybridized carbons (Fsp3) is 0.250. The Bertz CT molecular complexity index is 347. The first kappa shape index (κ1) is 7.09.